The summed E-state index contributed by atoms with van der Waals surface area (Å²) in [6.45, 7) is 7.09. The maximum atomic E-state index is 10.5. The average molecular weight is 294 g/mol. The molecule has 3 N–H and O–H groups in total. The fourth-order valence-corrected chi connectivity index (χ4v) is 2.64. The van der Waals surface area contributed by atoms with Crippen LogP contribution in [0.1, 0.15) is 43.9 Å². The molecular weight excluding hydrogens is 264 g/mol. The summed E-state index contributed by atoms with van der Waals surface area (Å²) in [5.41, 5.74) is 7.63. The molecule has 0 aliphatic heterocycles. The number of nitrogens with zero attached hydrogens (tertiary/aromatic N) is 1. The number of rotatable bonds is 10. The Kier molecular flexibility index (Phi) is 8.54. The van der Waals surface area contributed by atoms with Crippen LogP contribution in [-0.4, -0.2) is 42.9 Å². The SMILES string of the molecule is CCC(CC)N(CCOC)CC(O)c1ccc(CN)cc1. The van der Waals surface area contributed by atoms with Crippen molar-refractivity contribution in [2.45, 2.75) is 45.4 Å². The molecule has 1 aromatic rings. The van der Waals surface area contributed by atoms with Crippen LogP contribution in [-0.2, 0) is 11.3 Å². The molecule has 1 aromatic carbocycles. The molecule has 0 aromatic heterocycles. The van der Waals surface area contributed by atoms with Gasteiger partial charge >= 0.3 is 0 Å². The monoisotopic (exact) mass is 294 g/mol. The number of aliphatic hydroxyl groups excluding tert-OH is 1. The molecular formula is C17H30N2O2. The minimum atomic E-state index is -0.478. The Bertz CT molecular complexity index is 377. The number of nitrogens with two attached hydrogens (primary N) is 1. The fraction of sp³-hybridized carbons (Fsp3) is 0.647. The molecule has 1 atom stereocenters. The Morgan fingerprint density at radius 2 is 1.81 bits per heavy atom. The number of aliphatic hydroxyl groups is 1. The van der Waals surface area contributed by atoms with E-state index in [1.165, 1.54) is 0 Å². The van der Waals surface area contributed by atoms with Gasteiger partial charge in [0.05, 0.1) is 12.7 Å². The summed E-state index contributed by atoms with van der Waals surface area (Å²) in [7, 11) is 1.72. The lowest BCUT2D eigenvalue weighted by Crippen LogP contribution is -2.39. The molecule has 0 amide bonds. The third-order valence-electron chi connectivity index (χ3n) is 4.05. The summed E-state index contributed by atoms with van der Waals surface area (Å²) in [6, 6.07) is 8.38. The Morgan fingerprint density at radius 3 is 2.29 bits per heavy atom. The first-order valence-corrected chi connectivity index (χ1v) is 7.86. The van der Waals surface area contributed by atoms with Crippen molar-refractivity contribution in [3.05, 3.63) is 35.4 Å². The van der Waals surface area contributed by atoms with Gasteiger partial charge in [0.15, 0.2) is 0 Å². The Labute approximate surface area is 128 Å². The van der Waals surface area contributed by atoms with Gasteiger partial charge in [-0.25, -0.2) is 0 Å². The van der Waals surface area contributed by atoms with E-state index in [1.54, 1.807) is 7.11 Å². The number of methoxy groups -OCH3 is 1. The molecule has 21 heavy (non-hydrogen) atoms. The largest absolute Gasteiger partial charge is 0.387 e. The van der Waals surface area contributed by atoms with Crippen LogP contribution in [0.4, 0.5) is 0 Å². The van der Waals surface area contributed by atoms with E-state index < -0.39 is 6.10 Å². The van der Waals surface area contributed by atoms with E-state index in [0.29, 0.717) is 25.7 Å². The molecule has 1 rings (SSSR count). The maximum absolute atomic E-state index is 10.5. The molecule has 0 aliphatic rings. The van der Waals surface area contributed by atoms with Gasteiger partial charge in [-0.05, 0) is 24.0 Å². The van der Waals surface area contributed by atoms with Gasteiger partial charge in [0, 0.05) is 32.8 Å². The standard InChI is InChI=1S/C17H30N2O2/c1-4-16(5-2)19(10-11-21-3)13-17(20)15-8-6-14(12-18)7-9-15/h6-9,16-17,20H,4-5,10-13,18H2,1-3H3. The highest BCUT2D eigenvalue weighted by atomic mass is 16.5. The zero-order valence-corrected chi connectivity index (χ0v) is 13.6. The van der Waals surface area contributed by atoms with Crippen molar-refractivity contribution in [2.75, 3.05) is 26.8 Å². The molecule has 1 unspecified atom stereocenters. The highest BCUT2D eigenvalue weighted by Crippen LogP contribution is 2.18. The summed E-state index contributed by atoms with van der Waals surface area (Å²) in [6.07, 6.45) is 1.69. The molecule has 0 saturated carbocycles. The van der Waals surface area contributed by atoms with Crippen LogP contribution in [0.3, 0.4) is 0 Å². The van der Waals surface area contributed by atoms with Gasteiger partial charge in [-0.15, -0.1) is 0 Å². The topological polar surface area (TPSA) is 58.7 Å². The van der Waals surface area contributed by atoms with Crippen molar-refractivity contribution in [2.24, 2.45) is 5.73 Å². The first kappa shape index (κ1) is 18.1. The van der Waals surface area contributed by atoms with Gasteiger partial charge < -0.3 is 15.6 Å². The quantitative estimate of drug-likeness (QED) is 0.695. The molecule has 4 heteroatoms. The Balaban J connectivity index is 2.70. The summed E-state index contributed by atoms with van der Waals surface area (Å²) in [5.74, 6) is 0. The molecule has 0 aliphatic carbocycles. The lowest BCUT2D eigenvalue weighted by Gasteiger charge is -2.32. The van der Waals surface area contributed by atoms with Crippen molar-refractivity contribution in [1.82, 2.24) is 4.90 Å². The average Bonchev–Trinajstić information content (AvgIpc) is 2.53. The molecule has 120 valence electrons. The highest BCUT2D eigenvalue weighted by Gasteiger charge is 2.19. The summed E-state index contributed by atoms with van der Waals surface area (Å²) >= 11 is 0. The lowest BCUT2D eigenvalue weighted by molar-refractivity contribution is 0.0608. The van der Waals surface area contributed by atoms with Gasteiger partial charge in [-0.3, -0.25) is 4.90 Å². The number of benzene rings is 1. The van der Waals surface area contributed by atoms with Crippen molar-refractivity contribution >= 4 is 0 Å². The smallest absolute Gasteiger partial charge is 0.0917 e. The second kappa shape index (κ2) is 9.90. The summed E-state index contributed by atoms with van der Waals surface area (Å²) in [4.78, 5) is 2.32. The highest BCUT2D eigenvalue weighted by molar-refractivity contribution is 5.24. The number of hydrogen-bond acceptors (Lipinski definition) is 4. The van der Waals surface area contributed by atoms with Gasteiger partial charge in [0.1, 0.15) is 0 Å². The minimum absolute atomic E-state index is 0.478. The van der Waals surface area contributed by atoms with Gasteiger partial charge in [0.25, 0.3) is 0 Å². The van der Waals surface area contributed by atoms with Crippen LogP contribution in [0.5, 0.6) is 0 Å². The van der Waals surface area contributed by atoms with Crippen molar-refractivity contribution in [3.63, 3.8) is 0 Å². The third kappa shape index (κ3) is 5.75. The van der Waals surface area contributed by atoms with Crippen LogP contribution >= 0.6 is 0 Å². The van der Waals surface area contributed by atoms with Crippen molar-refractivity contribution in [1.29, 1.82) is 0 Å². The molecule has 4 nitrogen and oxygen atoms in total. The van der Waals surface area contributed by atoms with Crippen LogP contribution < -0.4 is 5.73 Å². The second-order valence-electron chi connectivity index (χ2n) is 5.42. The predicted octanol–water partition coefficient (Wildman–Crippen LogP) is 2.32. The minimum Gasteiger partial charge on any atom is -0.387 e. The zero-order valence-electron chi connectivity index (χ0n) is 13.6. The molecule has 0 fully saturated rings. The van der Waals surface area contributed by atoms with Crippen LogP contribution in [0.2, 0.25) is 0 Å². The van der Waals surface area contributed by atoms with Gasteiger partial charge in [-0.2, -0.15) is 0 Å². The second-order valence-corrected chi connectivity index (χ2v) is 5.42. The molecule has 0 radical (unpaired) electrons. The normalized spacial score (nSPS) is 13.1. The first-order valence-electron chi connectivity index (χ1n) is 7.86. The number of hydrogen-bond donors (Lipinski definition) is 2. The molecule has 0 saturated heterocycles. The first-order chi connectivity index (χ1) is 10.2. The third-order valence-corrected chi connectivity index (χ3v) is 4.05. The van der Waals surface area contributed by atoms with E-state index in [-0.39, 0.29) is 0 Å². The van der Waals surface area contributed by atoms with Crippen LogP contribution in [0.25, 0.3) is 0 Å². The van der Waals surface area contributed by atoms with Crippen molar-refractivity contribution in [3.8, 4) is 0 Å². The van der Waals surface area contributed by atoms with E-state index in [2.05, 4.69) is 18.7 Å². The zero-order chi connectivity index (χ0) is 15.7. The molecule has 0 bridgehead atoms. The van der Waals surface area contributed by atoms with E-state index in [9.17, 15) is 5.11 Å². The van der Waals surface area contributed by atoms with Gasteiger partial charge in [0.2, 0.25) is 0 Å². The summed E-state index contributed by atoms with van der Waals surface area (Å²) < 4.78 is 5.19. The summed E-state index contributed by atoms with van der Waals surface area (Å²) in [5, 5.41) is 10.5. The maximum Gasteiger partial charge on any atom is 0.0917 e. The Hall–Kier alpha value is -0.940. The van der Waals surface area contributed by atoms with E-state index >= 15 is 0 Å². The van der Waals surface area contributed by atoms with Crippen LogP contribution in [0, 0.1) is 0 Å². The van der Waals surface area contributed by atoms with E-state index in [1.807, 2.05) is 24.3 Å². The fourth-order valence-electron chi connectivity index (χ4n) is 2.64. The predicted molar refractivity (Wildman–Crippen MR) is 87.1 cm³/mol. The number of ether oxygens (including phenoxy) is 1. The van der Waals surface area contributed by atoms with Crippen LogP contribution in [0.15, 0.2) is 24.3 Å². The lowest BCUT2D eigenvalue weighted by atomic mass is 10.0. The molecule has 0 heterocycles. The Morgan fingerprint density at radius 1 is 1.19 bits per heavy atom. The van der Waals surface area contributed by atoms with Gasteiger partial charge in [-0.1, -0.05) is 38.1 Å². The van der Waals surface area contributed by atoms with E-state index in [4.69, 9.17) is 10.5 Å². The van der Waals surface area contributed by atoms with E-state index in [0.717, 1.165) is 30.5 Å². The molecule has 0 spiro atoms. The van der Waals surface area contributed by atoms with Crippen molar-refractivity contribution < 1.29 is 9.84 Å².